The molecule has 188 valence electrons. The molecule has 35 heavy (non-hydrogen) atoms. The van der Waals surface area contributed by atoms with E-state index in [1.165, 1.54) is 17.9 Å². The molecule has 0 saturated carbocycles. The molecule has 0 heterocycles. The van der Waals surface area contributed by atoms with Gasteiger partial charge in [0.05, 0.1) is 0 Å². The summed E-state index contributed by atoms with van der Waals surface area (Å²) >= 11 is 0. The molecule has 0 saturated heterocycles. The molecule has 2 atom stereocenters. The Morgan fingerprint density at radius 3 is 2.37 bits per heavy atom. The number of phenolic OH excluding ortho intramolecular Hbond substituents is 1. The first-order valence-corrected chi connectivity index (χ1v) is 11.5. The van der Waals surface area contributed by atoms with E-state index in [0.29, 0.717) is 5.56 Å². The molecule has 8 heteroatoms. The highest BCUT2D eigenvalue weighted by Crippen LogP contribution is 2.32. The van der Waals surface area contributed by atoms with Crippen molar-refractivity contribution in [2.24, 2.45) is 0 Å². The molecule has 0 fully saturated rings. The maximum absolute atomic E-state index is 13.5. The minimum absolute atomic E-state index is 0.00990. The maximum Gasteiger partial charge on any atom is 0.408 e. The summed E-state index contributed by atoms with van der Waals surface area (Å²) in [5.74, 6) is -1.09. The minimum atomic E-state index is -1.16. The molecule has 8 nitrogen and oxygen atoms in total. The number of aromatic hydroxyl groups is 1. The number of ether oxygens (including phenoxy) is 1. The number of nitrogens with zero attached hydrogens (tertiary/aromatic N) is 1. The van der Waals surface area contributed by atoms with E-state index in [2.05, 4.69) is 17.2 Å². The van der Waals surface area contributed by atoms with Crippen LogP contribution in [0.25, 0.3) is 0 Å². The van der Waals surface area contributed by atoms with Crippen molar-refractivity contribution in [3.63, 3.8) is 0 Å². The maximum atomic E-state index is 13.5. The zero-order valence-electron chi connectivity index (χ0n) is 21.0. The van der Waals surface area contributed by atoms with Crippen LogP contribution in [0.1, 0.15) is 50.4 Å². The Morgan fingerprint density at radius 1 is 1.11 bits per heavy atom. The average molecular weight is 482 g/mol. The molecule has 0 aliphatic heterocycles. The van der Waals surface area contributed by atoms with Crippen molar-refractivity contribution in [2.75, 3.05) is 6.54 Å². The standard InChI is InChI=1S/C27H35N3O5/c1-7-16-30(25(33)19(3)29-26(34)35-27(4,5)6)22(21-15-11-12-18(2)23(21)31)24(32)28-17-20-13-9-8-10-14-20/h7-15,19,22,31H,1,16-17H2,2-6H3,(H,28,32)(H,29,34). The smallest absolute Gasteiger partial charge is 0.408 e. The first-order valence-electron chi connectivity index (χ1n) is 11.5. The average Bonchev–Trinajstić information content (AvgIpc) is 2.78. The lowest BCUT2D eigenvalue weighted by Gasteiger charge is -2.33. The number of rotatable bonds is 9. The van der Waals surface area contributed by atoms with E-state index in [1.54, 1.807) is 45.9 Å². The highest BCUT2D eigenvalue weighted by Gasteiger charge is 2.35. The molecule has 3 N–H and O–H groups in total. The van der Waals surface area contributed by atoms with Gasteiger partial charge in [0.1, 0.15) is 23.4 Å². The number of carbonyl (C=O) groups is 3. The van der Waals surface area contributed by atoms with Crippen LogP contribution in [0.15, 0.2) is 61.2 Å². The van der Waals surface area contributed by atoms with Crippen LogP contribution in [-0.2, 0) is 20.9 Å². The first kappa shape index (κ1) is 27.4. The van der Waals surface area contributed by atoms with Gasteiger partial charge in [-0.3, -0.25) is 9.59 Å². The van der Waals surface area contributed by atoms with Crippen molar-refractivity contribution in [3.05, 3.63) is 77.9 Å². The van der Waals surface area contributed by atoms with Crippen molar-refractivity contribution >= 4 is 17.9 Å². The van der Waals surface area contributed by atoms with Crippen LogP contribution in [0.4, 0.5) is 4.79 Å². The Morgan fingerprint density at radius 2 is 1.77 bits per heavy atom. The zero-order valence-corrected chi connectivity index (χ0v) is 21.0. The van der Waals surface area contributed by atoms with Gasteiger partial charge in [0.15, 0.2) is 0 Å². The summed E-state index contributed by atoms with van der Waals surface area (Å²) < 4.78 is 5.25. The number of benzene rings is 2. The van der Waals surface area contributed by atoms with Gasteiger partial charge in [-0.25, -0.2) is 4.79 Å². The van der Waals surface area contributed by atoms with Crippen LogP contribution >= 0.6 is 0 Å². The second kappa shape index (κ2) is 12.1. The van der Waals surface area contributed by atoms with Crippen LogP contribution < -0.4 is 10.6 Å². The number of hydrogen-bond acceptors (Lipinski definition) is 5. The van der Waals surface area contributed by atoms with Crippen LogP contribution in [0.5, 0.6) is 5.75 Å². The predicted molar refractivity (Wildman–Crippen MR) is 135 cm³/mol. The number of aryl methyl sites for hydroxylation is 1. The summed E-state index contributed by atoms with van der Waals surface area (Å²) in [7, 11) is 0. The molecule has 0 spiro atoms. The molecular weight excluding hydrogens is 446 g/mol. The SMILES string of the molecule is C=CCN(C(=O)C(C)NC(=O)OC(C)(C)C)C(C(=O)NCc1ccccc1)c1cccc(C)c1O. The molecule has 2 rings (SSSR count). The van der Waals surface area contributed by atoms with Crippen molar-refractivity contribution in [3.8, 4) is 5.75 Å². The molecule has 2 unspecified atom stereocenters. The summed E-state index contributed by atoms with van der Waals surface area (Å²) in [5, 5.41) is 16.2. The fourth-order valence-corrected chi connectivity index (χ4v) is 3.49. The van der Waals surface area contributed by atoms with Gasteiger partial charge < -0.3 is 25.4 Å². The van der Waals surface area contributed by atoms with Gasteiger partial charge in [-0.1, -0.05) is 54.6 Å². The summed E-state index contributed by atoms with van der Waals surface area (Å²) in [4.78, 5) is 40.5. The highest BCUT2D eigenvalue weighted by molar-refractivity contribution is 5.92. The quantitative estimate of drug-likeness (QED) is 0.470. The lowest BCUT2D eigenvalue weighted by atomic mass is 9.99. The van der Waals surface area contributed by atoms with Crippen molar-refractivity contribution in [1.29, 1.82) is 0 Å². The van der Waals surface area contributed by atoms with E-state index < -0.39 is 35.6 Å². The van der Waals surface area contributed by atoms with E-state index in [0.717, 1.165) is 5.56 Å². The molecule has 0 radical (unpaired) electrons. The third kappa shape index (κ3) is 7.88. The Labute approximate surface area is 207 Å². The summed E-state index contributed by atoms with van der Waals surface area (Å²) in [5.41, 5.74) is 0.986. The number of phenols is 1. The highest BCUT2D eigenvalue weighted by atomic mass is 16.6. The zero-order chi connectivity index (χ0) is 26.2. The van der Waals surface area contributed by atoms with E-state index in [9.17, 15) is 19.5 Å². The summed E-state index contributed by atoms with van der Waals surface area (Å²) in [6.45, 7) is 12.4. The molecule has 0 aromatic heterocycles. The van der Waals surface area contributed by atoms with Crippen molar-refractivity contribution in [1.82, 2.24) is 15.5 Å². The molecule has 0 aliphatic rings. The number of carbonyl (C=O) groups excluding carboxylic acids is 3. The van der Waals surface area contributed by atoms with Gasteiger partial charge >= 0.3 is 6.09 Å². The van der Waals surface area contributed by atoms with Gasteiger partial charge in [0, 0.05) is 18.7 Å². The molecular formula is C27H35N3O5. The van der Waals surface area contributed by atoms with Crippen molar-refractivity contribution in [2.45, 2.75) is 58.8 Å². The van der Waals surface area contributed by atoms with E-state index in [1.807, 2.05) is 30.3 Å². The van der Waals surface area contributed by atoms with Gasteiger partial charge in [-0.2, -0.15) is 0 Å². The number of para-hydroxylation sites is 1. The van der Waals surface area contributed by atoms with Crippen LogP contribution in [0.2, 0.25) is 0 Å². The minimum Gasteiger partial charge on any atom is -0.507 e. The molecule has 2 aromatic rings. The second-order valence-electron chi connectivity index (χ2n) is 9.27. The number of alkyl carbamates (subject to hydrolysis) is 1. The van der Waals surface area contributed by atoms with Crippen molar-refractivity contribution < 1.29 is 24.2 Å². The lowest BCUT2D eigenvalue weighted by molar-refractivity contribution is -0.141. The monoisotopic (exact) mass is 481 g/mol. The van der Waals surface area contributed by atoms with Gasteiger partial charge in [0.25, 0.3) is 0 Å². The Hall–Kier alpha value is -3.81. The molecule has 0 aliphatic carbocycles. The fourth-order valence-electron chi connectivity index (χ4n) is 3.49. The van der Waals surface area contributed by atoms with E-state index in [4.69, 9.17) is 4.74 Å². The van der Waals surface area contributed by atoms with Crippen LogP contribution in [-0.4, -0.2) is 46.1 Å². The largest absolute Gasteiger partial charge is 0.507 e. The third-order valence-corrected chi connectivity index (χ3v) is 5.15. The van der Waals surface area contributed by atoms with Gasteiger partial charge in [0.2, 0.25) is 11.8 Å². The van der Waals surface area contributed by atoms with E-state index >= 15 is 0 Å². The first-order chi connectivity index (χ1) is 16.4. The van der Waals surface area contributed by atoms with Crippen LogP contribution in [0, 0.1) is 6.92 Å². The number of hydrogen-bond donors (Lipinski definition) is 3. The second-order valence-corrected chi connectivity index (χ2v) is 9.27. The summed E-state index contributed by atoms with van der Waals surface area (Å²) in [6.07, 6.45) is 0.739. The number of nitrogens with one attached hydrogen (secondary N) is 2. The van der Waals surface area contributed by atoms with Gasteiger partial charge in [-0.05, 0) is 45.7 Å². The fraction of sp³-hybridized carbons (Fsp3) is 0.370. The Balaban J connectivity index is 2.38. The molecule has 2 aromatic carbocycles. The van der Waals surface area contributed by atoms with Gasteiger partial charge in [-0.15, -0.1) is 6.58 Å². The normalized spacial score (nSPS) is 12.7. The van der Waals surface area contributed by atoms with E-state index in [-0.39, 0.29) is 24.4 Å². The lowest BCUT2D eigenvalue weighted by Crippen LogP contribution is -2.52. The molecule has 0 bridgehead atoms. The summed E-state index contributed by atoms with van der Waals surface area (Å²) in [6, 6.07) is 12.2. The third-order valence-electron chi connectivity index (χ3n) is 5.15. The predicted octanol–water partition coefficient (Wildman–Crippen LogP) is 3.99. The van der Waals surface area contributed by atoms with Crippen LogP contribution in [0.3, 0.4) is 0 Å². The molecule has 3 amide bonds. The topological polar surface area (TPSA) is 108 Å². The number of amides is 3. The Bertz CT molecular complexity index is 1050. The Kier molecular flexibility index (Phi) is 9.45.